The van der Waals surface area contributed by atoms with Crippen molar-refractivity contribution in [3.05, 3.63) is 32.9 Å². The Morgan fingerprint density at radius 2 is 2.25 bits per heavy atom. The van der Waals surface area contributed by atoms with Crippen LogP contribution in [0, 0.1) is 9.49 Å². The standard InChI is InChI=1S/C12H13IO3/c1-8(7-14)4-9-2-3-10(6-12(15)16)11(13)5-9/h2-3,5,7-8H,4,6H2,1H3,(H,15,16). The summed E-state index contributed by atoms with van der Waals surface area (Å²) in [7, 11) is 0. The molecular weight excluding hydrogens is 319 g/mol. The van der Waals surface area contributed by atoms with Gasteiger partial charge in [0, 0.05) is 9.49 Å². The Morgan fingerprint density at radius 1 is 1.56 bits per heavy atom. The first-order chi connectivity index (χ1) is 7.52. The second-order valence-corrected chi connectivity index (χ2v) is 4.98. The zero-order chi connectivity index (χ0) is 12.1. The molecule has 4 heteroatoms. The van der Waals surface area contributed by atoms with E-state index in [4.69, 9.17) is 5.11 Å². The van der Waals surface area contributed by atoms with Crippen molar-refractivity contribution in [2.45, 2.75) is 19.8 Å². The topological polar surface area (TPSA) is 54.4 Å². The minimum Gasteiger partial charge on any atom is -0.481 e. The van der Waals surface area contributed by atoms with Crippen molar-refractivity contribution >= 4 is 34.8 Å². The highest BCUT2D eigenvalue weighted by Crippen LogP contribution is 2.17. The summed E-state index contributed by atoms with van der Waals surface area (Å²) in [5.74, 6) is -0.826. The lowest BCUT2D eigenvalue weighted by Crippen LogP contribution is -2.04. The molecule has 1 rings (SSSR count). The highest BCUT2D eigenvalue weighted by Gasteiger charge is 2.07. The maximum absolute atomic E-state index is 10.6. The molecule has 3 nitrogen and oxygen atoms in total. The van der Waals surface area contributed by atoms with Crippen LogP contribution in [0.5, 0.6) is 0 Å². The Balaban J connectivity index is 2.82. The van der Waals surface area contributed by atoms with Gasteiger partial charge in [0.25, 0.3) is 0 Å². The number of carboxylic acid groups (broad SMARTS) is 1. The van der Waals surface area contributed by atoms with Gasteiger partial charge in [0.2, 0.25) is 0 Å². The minimum atomic E-state index is -0.827. The lowest BCUT2D eigenvalue weighted by Gasteiger charge is -2.07. The van der Waals surface area contributed by atoms with E-state index in [1.165, 1.54) is 0 Å². The van der Waals surface area contributed by atoms with Gasteiger partial charge in [0.1, 0.15) is 6.29 Å². The van der Waals surface area contributed by atoms with Crippen LogP contribution in [0.1, 0.15) is 18.1 Å². The molecule has 1 N–H and O–H groups in total. The van der Waals surface area contributed by atoms with Crippen molar-refractivity contribution in [1.82, 2.24) is 0 Å². The third kappa shape index (κ3) is 3.92. The van der Waals surface area contributed by atoms with Gasteiger partial charge >= 0.3 is 5.97 Å². The number of aliphatic carboxylic acids is 1. The summed E-state index contributed by atoms with van der Waals surface area (Å²) < 4.78 is 0.940. The number of carbonyl (C=O) groups excluding carboxylic acids is 1. The van der Waals surface area contributed by atoms with Crippen molar-refractivity contribution in [3.63, 3.8) is 0 Å². The van der Waals surface area contributed by atoms with Gasteiger partial charge in [-0.25, -0.2) is 0 Å². The molecule has 1 unspecified atom stereocenters. The quantitative estimate of drug-likeness (QED) is 0.665. The molecule has 16 heavy (non-hydrogen) atoms. The van der Waals surface area contributed by atoms with Crippen LogP contribution in [0.3, 0.4) is 0 Å². The van der Waals surface area contributed by atoms with E-state index >= 15 is 0 Å². The number of carbonyl (C=O) groups is 2. The predicted octanol–water partition coefficient (Wildman–Crippen LogP) is 2.30. The zero-order valence-corrected chi connectivity index (χ0v) is 11.1. The monoisotopic (exact) mass is 332 g/mol. The van der Waals surface area contributed by atoms with Crippen LogP contribution in [-0.2, 0) is 22.4 Å². The predicted molar refractivity (Wildman–Crippen MR) is 69.4 cm³/mol. The molecule has 0 heterocycles. The molecule has 0 aromatic heterocycles. The number of carboxylic acids is 1. The highest BCUT2D eigenvalue weighted by molar-refractivity contribution is 14.1. The fourth-order valence-electron chi connectivity index (χ4n) is 1.44. The summed E-state index contributed by atoms with van der Waals surface area (Å²) in [6.07, 6.45) is 1.67. The Morgan fingerprint density at radius 3 is 2.75 bits per heavy atom. The first kappa shape index (κ1) is 13.2. The molecule has 0 saturated heterocycles. The van der Waals surface area contributed by atoms with Gasteiger partial charge in [0.15, 0.2) is 0 Å². The van der Waals surface area contributed by atoms with Crippen LogP contribution in [0.25, 0.3) is 0 Å². The van der Waals surface area contributed by atoms with Crippen LogP contribution < -0.4 is 0 Å². The smallest absolute Gasteiger partial charge is 0.307 e. The molecule has 0 bridgehead atoms. The molecule has 0 aliphatic heterocycles. The molecule has 0 amide bonds. The molecular formula is C12H13IO3. The number of benzene rings is 1. The molecule has 0 radical (unpaired) electrons. The number of aldehydes is 1. The van der Waals surface area contributed by atoms with Crippen LogP contribution in [-0.4, -0.2) is 17.4 Å². The summed E-state index contributed by atoms with van der Waals surface area (Å²) in [5.41, 5.74) is 1.88. The summed E-state index contributed by atoms with van der Waals surface area (Å²) in [6, 6.07) is 5.65. The van der Waals surface area contributed by atoms with Crippen LogP contribution >= 0.6 is 22.6 Å². The van der Waals surface area contributed by atoms with Crippen LogP contribution in [0.4, 0.5) is 0 Å². The maximum atomic E-state index is 10.6. The maximum Gasteiger partial charge on any atom is 0.307 e. The fourth-order valence-corrected chi connectivity index (χ4v) is 2.21. The van der Waals surface area contributed by atoms with Gasteiger partial charge < -0.3 is 9.90 Å². The van der Waals surface area contributed by atoms with E-state index in [9.17, 15) is 9.59 Å². The molecule has 0 aliphatic carbocycles. The van der Waals surface area contributed by atoms with Crippen LogP contribution in [0.15, 0.2) is 18.2 Å². The van der Waals surface area contributed by atoms with E-state index in [2.05, 4.69) is 22.6 Å². The zero-order valence-electron chi connectivity index (χ0n) is 8.94. The van der Waals surface area contributed by atoms with Gasteiger partial charge in [-0.2, -0.15) is 0 Å². The fraction of sp³-hybridized carbons (Fsp3) is 0.333. The molecule has 1 aromatic rings. The minimum absolute atomic E-state index is 0.00104. The Bertz CT molecular complexity index is 401. The largest absolute Gasteiger partial charge is 0.481 e. The number of halogens is 1. The average Bonchev–Trinajstić information content (AvgIpc) is 2.21. The number of hydrogen-bond acceptors (Lipinski definition) is 2. The molecule has 0 spiro atoms. The van der Waals surface area contributed by atoms with Crippen molar-refractivity contribution in [3.8, 4) is 0 Å². The summed E-state index contributed by atoms with van der Waals surface area (Å²) in [6.45, 7) is 1.87. The van der Waals surface area contributed by atoms with Crippen molar-refractivity contribution < 1.29 is 14.7 Å². The molecule has 86 valence electrons. The van der Waals surface area contributed by atoms with Crippen molar-refractivity contribution in [2.24, 2.45) is 5.92 Å². The van der Waals surface area contributed by atoms with E-state index in [0.717, 1.165) is 21.0 Å². The number of hydrogen-bond donors (Lipinski definition) is 1. The first-order valence-electron chi connectivity index (χ1n) is 4.97. The second-order valence-electron chi connectivity index (χ2n) is 3.81. The summed E-state index contributed by atoms with van der Waals surface area (Å²) >= 11 is 2.13. The molecule has 1 aromatic carbocycles. The van der Waals surface area contributed by atoms with Crippen LogP contribution in [0.2, 0.25) is 0 Å². The third-order valence-electron chi connectivity index (χ3n) is 2.25. The van der Waals surface area contributed by atoms with Crippen molar-refractivity contribution in [2.75, 3.05) is 0 Å². The Labute approximate surface area is 108 Å². The average molecular weight is 332 g/mol. The molecule has 1 atom stereocenters. The Kier molecular flexibility index (Phi) is 4.92. The lowest BCUT2D eigenvalue weighted by atomic mass is 10.0. The third-order valence-corrected chi connectivity index (χ3v) is 3.25. The van der Waals surface area contributed by atoms with E-state index in [0.29, 0.717) is 6.42 Å². The molecule has 0 aliphatic rings. The van der Waals surface area contributed by atoms with E-state index in [1.807, 2.05) is 25.1 Å². The molecule has 0 fully saturated rings. The number of rotatable bonds is 5. The van der Waals surface area contributed by atoms with Crippen molar-refractivity contribution in [1.29, 1.82) is 0 Å². The summed E-state index contributed by atoms with van der Waals surface area (Å²) in [4.78, 5) is 21.1. The summed E-state index contributed by atoms with van der Waals surface area (Å²) in [5, 5.41) is 8.69. The SMILES string of the molecule is CC(C=O)Cc1ccc(CC(=O)O)c(I)c1. The van der Waals surface area contributed by atoms with Gasteiger partial charge in [-0.1, -0.05) is 19.1 Å². The normalized spacial score (nSPS) is 12.1. The van der Waals surface area contributed by atoms with E-state index in [1.54, 1.807) is 0 Å². The second kappa shape index (κ2) is 5.98. The molecule has 0 saturated carbocycles. The van der Waals surface area contributed by atoms with Gasteiger partial charge in [-0.15, -0.1) is 0 Å². The van der Waals surface area contributed by atoms with Gasteiger partial charge in [-0.05, 0) is 46.2 Å². The van der Waals surface area contributed by atoms with Gasteiger partial charge in [-0.3, -0.25) is 4.79 Å². The lowest BCUT2D eigenvalue weighted by molar-refractivity contribution is -0.136. The highest BCUT2D eigenvalue weighted by atomic mass is 127. The van der Waals surface area contributed by atoms with Gasteiger partial charge in [0.05, 0.1) is 6.42 Å². The Hall–Kier alpha value is -0.910. The van der Waals surface area contributed by atoms with E-state index < -0.39 is 5.97 Å². The first-order valence-corrected chi connectivity index (χ1v) is 6.05. The van der Waals surface area contributed by atoms with E-state index in [-0.39, 0.29) is 12.3 Å².